The Labute approximate surface area is 140 Å². The highest BCUT2D eigenvalue weighted by Crippen LogP contribution is 2.27. The fourth-order valence-corrected chi connectivity index (χ4v) is 4.17. The van der Waals surface area contributed by atoms with Crippen LogP contribution in [0.5, 0.6) is 5.75 Å². The molecule has 8 nitrogen and oxygen atoms in total. The maximum atomic E-state index is 13.0. The van der Waals surface area contributed by atoms with E-state index in [1.165, 1.54) is 30.6 Å². The molecule has 1 aromatic carbocycles. The molecule has 0 bridgehead atoms. The highest BCUT2D eigenvalue weighted by molar-refractivity contribution is 7.89. The van der Waals surface area contributed by atoms with Crippen LogP contribution < -0.4 is 10.1 Å². The Hall–Kier alpha value is -2.39. The molecule has 9 heteroatoms. The van der Waals surface area contributed by atoms with Crippen LogP contribution in [-0.4, -0.2) is 49.1 Å². The monoisotopic (exact) mass is 350 g/mol. The highest BCUT2D eigenvalue weighted by Gasteiger charge is 2.36. The SMILES string of the molecule is CNC(=O)C1CN(S(=O)(=O)c2cccc(OC)c2)Cc2ccnn21. The molecule has 2 aromatic rings. The molecule has 0 radical (unpaired) electrons. The molecule has 128 valence electrons. The van der Waals surface area contributed by atoms with E-state index in [4.69, 9.17) is 4.74 Å². The number of likely N-dealkylation sites (N-methyl/N-ethyl adjacent to an activating group) is 1. The standard InChI is InChI=1S/C15H18N4O4S/c1-16-15(20)14-10-18(9-11-6-7-17-19(11)14)24(21,22)13-5-3-4-12(8-13)23-2/h3-8,14H,9-10H2,1-2H3,(H,16,20). The van der Waals surface area contributed by atoms with Gasteiger partial charge in [0.05, 0.1) is 24.2 Å². The van der Waals surface area contributed by atoms with Gasteiger partial charge in [0.15, 0.2) is 0 Å². The molecule has 0 fully saturated rings. The Kier molecular flexibility index (Phi) is 4.29. The number of sulfonamides is 1. The minimum atomic E-state index is -3.76. The van der Waals surface area contributed by atoms with Gasteiger partial charge in [-0.05, 0) is 18.2 Å². The first kappa shape index (κ1) is 16.5. The molecule has 1 aromatic heterocycles. The number of rotatable bonds is 4. The zero-order valence-electron chi connectivity index (χ0n) is 13.3. The lowest BCUT2D eigenvalue weighted by atomic mass is 10.2. The van der Waals surface area contributed by atoms with E-state index in [1.54, 1.807) is 29.1 Å². The Morgan fingerprint density at radius 3 is 2.88 bits per heavy atom. The minimum Gasteiger partial charge on any atom is -0.497 e. The number of ether oxygens (including phenoxy) is 1. The molecule has 1 unspecified atom stereocenters. The van der Waals surface area contributed by atoms with Crippen LogP contribution in [-0.2, 0) is 21.4 Å². The largest absolute Gasteiger partial charge is 0.497 e. The first-order valence-corrected chi connectivity index (χ1v) is 8.79. The molecular weight excluding hydrogens is 332 g/mol. The Bertz CT molecular complexity index is 862. The Balaban J connectivity index is 1.98. The van der Waals surface area contributed by atoms with Crippen LogP contribution in [0, 0.1) is 0 Å². The molecule has 3 rings (SSSR count). The Morgan fingerprint density at radius 2 is 2.17 bits per heavy atom. The van der Waals surface area contributed by atoms with Crippen molar-refractivity contribution in [2.75, 3.05) is 20.7 Å². The van der Waals surface area contributed by atoms with Gasteiger partial charge in [0.2, 0.25) is 15.9 Å². The van der Waals surface area contributed by atoms with Crippen molar-refractivity contribution in [2.45, 2.75) is 17.5 Å². The van der Waals surface area contributed by atoms with E-state index in [0.717, 1.165) is 0 Å². The number of methoxy groups -OCH3 is 1. The average molecular weight is 350 g/mol. The fraction of sp³-hybridized carbons (Fsp3) is 0.333. The van der Waals surface area contributed by atoms with Gasteiger partial charge in [-0.2, -0.15) is 9.40 Å². The molecule has 0 aliphatic carbocycles. The van der Waals surface area contributed by atoms with E-state index >= 15 is 0 Å². The second-order valence-electron chi connectivity index (χ2n) is 5.37. The second kappa shape index (κ2) is 6.25. The second-order valence-corrected chi connectivity index (χ2v) is 7.31. The molecule has 0 spiro atoms. The molecule has 2 heterocycles. The van der Waals surface area contributed by atoms with Crippen molar-refractivity contribution >= 4 is 15.9 Å². The predicted octanol–water partition coefficient (Wildman–Crippen LogP) is 0.383. The summed E-state index contributed by atoms with van der Waals surface area (Å²) >= 11 is 0. The topological polar surface area (TPSA) is 93.5 Å². The summed E-state index contributed by atoms with van der Waals surface area (Å²) in [7, 11) is -0.764. The van der Waals surface area contributed by atoms with Crippen LogP contribution in [0.15, 0.2) is 41.4 Å². The number of nitrogens with zero attached hydrogens (tertiary/aromatic N) is 3. The average Bonchev–Trinajstić information content (AvgIpc) is 3.08. The number of nitrogens with one attached hydrogen (secondary N) is 1. The maximum Gasteiger partial charge on any atom is 0.246 e. The van der Waals surface area contributed by atoms with Gasteiger partial charge in [-0.15, -0.1) is 0 Å². The molecule has 24 heavy (non-hydrogen) atoms. The number of carbonyl (C=O) groups is 1. The third-order valence-corrected chi connectivity index (χ3v) is 5.80. The van der Waals surface area contributed by atoms with Crippen LogP contribution in [0.3, 0.4) is 0 Å². The zero-order valence-corrected chi connectivity index (χ0v) is 14.2. The van der Waals surface area contributed by atoms with Crippen LogP contribution in [0.1, 0.15) is 11.7 Å². The van der Waals surface area contributed by atoms with Crippen LogP contribution in [0.2, 0.25) is 0 Å². The fourth-order valence-electron chi connectivity index (χ4n) is 2.72. The van der Waals surface area contributed by atoms with Crippen LogP contribution in [0.25, 0.3) is 0 Å². The smallest absolute Gasteiger partial charge is 0.246 e. The quantitative estimate of drug-likeness (QED) is 0.861. The van der Waals surface area contributed by atoms with Gasteiger partial charge in [-0.25, -0.2) is 8.42 Å². The molecular formula is C15H18N4O4S. The number of hydrogen-bond donors (Lipinski definition) is 1. The molecule has 1 aliphatic rings. The summed E-state index contributed by atoms with van der Waals surface area (Å²) in [6, 6.07) is 7.29. The minimum absolute atomic E-state index is 0.0217. The van der Waals surface area contributed by atoms with Gasteiger partial charge < -0.3 is 10.1 Å². The van der Waals surface area contributed by atoms with Gasteiger partial charge in [0.1, 0.15) is 11.8 Å². The van der Waals surface area contributed by atoms with Crippen molar-refractivity contribution in [3.63, 3.8) is 0 Å². The van der Waals surface area contributed by atoms with E-state index in [9.17, 15) is 13.2 Å². The van der Waals surface area contributed by atoms with Gasteiger partial charge in [0.25, 0.3) is 0 Å². The van der Waals surface area contributed by atoms with Crippen molar-refractivity contribution in [1.82, 2.24) is 19.4 Å². The van der Waals surface area contributed by atoms with Crippen LogP contribution in [0.4, 0.5) is 0 Å². The number of hydrogen-bond acceptors (Lipinski definition) is 5. The summed E-state index contributed by atoms with van der Waals surface area (Å²) < 4.78 is 33.9. The van der Waals surface area contributed by atoms with E-state index in [2.05, 4.69) is 10.4 Å². The molecule has 1 N–H and O–H groups in total. The highest BCUT2D eigenvalue weighted by atomic mass is 32.2. The lowest BCUT2D eigenvalue weighted by molar-refractivity contribution is -0.124. The normalized spacial score (nSPS) is 18.0. The van der Waals surface area contributed by atoms with E-state index in [0.29, 0.717) is 11.4 Å². The summed E-state index contributed by atoms with van der Waals surface area (Å²) in [6.07, 6.45) is 1.56. The molecule has 0 saturated heterocycles. The zero-order chi connectivity index (χ0) is 17.3. The van der Waals surface area contributed by atoms with Gasteiger partial charge >= 0.3 is 0 Å². The van der Waals surface area contributed by atoms with Crippen molar-refractivity contribution in [2.24, 2.45) is 0 Å². The summed E-state index contributed by atoms with van der Waals surface area (Å²) in [5.41, 5.74) is 0.668. The predicted molar refractivity (Wildman–Crippen MR) is 85.9 cm³/mol. The summed E-state index contributed by atoms with van der Waals surface area (Å²) in [5.74, 6) is 0.173. The number of fused-ring (bicyclic) bond motifs is 1. The first-order chi connectivity index (χ1) is 11.5. The number of amides is 1. The van der Waals surface area contributed by atoms with E-state index in [1.807, 2.05) is 0 Å². The summed E-state index contributed by atoms with van der Waals surface area (Å²) in [6.45, 7) is 0.181. The third-order valence-electron chi connectivity index (χ3n) is 3.99. The number of benzene rings is 1. The molecule has 0 saturated carbocycles. The summed E-state index contributed by atoms with van der Waals surface area (Å²) in [4.78, 5) is 12.3. The van der Waals surface area contributed by atoms with E-state index < -0.39 is 16.1 Å². The lowest BCUT2D eigenvalue weighted by Gasteiger charge is -2.32. The molecule has 1 amide bonds. The number of aromatic nitrogens is 2. The van der Waals surface area contributed by atoms with Gasteiger partial charge in [-0.3, -0.25) is 9.48 Å². The van der Waals surface area contributed by atoms with E-state index in [-0.39, 0.29) is 23.9 Å². The van der Waals surface area contributed by atoms with Crippen LogP contribution >= 0.6 is 0 Å². The third kappa shape index (κ3) is 2.76. The van der Waals surface area contributed by atoms with Gasteiger partial charge in [0, 0.05) is 25.9 Å². The maximum absolute atomic E-state index is 13.0. The van der Waals surface area contributed by atoms with Gasteiger partial charge in [-0.1, -0.05) is 6.07 Å². The molecule has 1 aliphatic heterocycles. The first-order valence-electron chi connectivity index (χ1n) is 7.35. The Morgan fingerprint density at radius 1 is 1.38 bits per heavy atom. The molecule has 1 atom stereocenters. The summed E-state index contributed by atoms with van der Waals surface area (Å²) in [5, 5.41) is 6.69. The lowest BCUT2D eigenvalue weighted by Crippen LogP contribution is -2.46. The van der Waals surface area contributed by atoms with Crippen molar-refractivity contribution in [1.29, 1.82) is 0 Å². The van der Waals surface area contributed by atoms with Crippen molar-refractivity contribution in [3.05, 3.63) is 42.2 Å². The van der Waals surface area contributed by atoms with Crippen molar-refractivity contribution < 1.29 is 17.9 Å². The van der Waals surface area contributed by atoms with Crippen molar-refractivity contribution in [3.8, 4) is 5.75 Å². The number of carbonyl (C=O) groups excluding carboxylic acids is 1.